The zero-order chi connectivity index (χ0) is 21.4. The predicted molar refractivity (Wildman–Crippen MR) is 125 cm³/mol. The lowest BCUT2D eigenvalue weighted by Crippen LogP contribution is -2.28. The second-order valence-electron chi connectivity index (χ2n) is 9.56. The molecule has 0 heterocycles. The first kappa shape index (κ1) is 20.3. The average molecular weight is 417 g/mol. The van der Waals surface area contributed by atoms with Crippen LogP contribution in [0.1, 0.15) is 102 Å². The molecule has 0 atom stereocenters. The van der Waals surface area contributed by atoms with Gasteiger partial charge in [0, 0.05) is 40.1 Å². The van der Waals surface area contributed by atoms with Gasteiger partial charge in [0.1, 0.15) is 0 Å². The van der Waals surface area contributed by atoms with Gasteiger partial charge < -0.3 is 10.6 Å². The number of hydrogen-bond acceptors (Lipinski definition) is 4. The molecule has 31 heavy (non-hydrogen) atoms. The van der Waals surface area contributed by atoms with Crippen molar-refractivity contribution in [2.24, 2.45) is 0 Å². The summed E-state index contributed by atoms with van der Waals surface area (Å²) in [5, 5.41) is 7.21. The van der Waals surface area contributed by atoms with Crippen molar-refractivity contribution >= 4 is 22.9 Å². The highest BCUT2D eigenvalue weighted by Crippen LogP contribution is 2.36. The van der Waals surface area contributed by atoms with Crippen LogP contribution in [0.5, 0.6) is 0 Å². The van der Waals surface area contributed by atoms with E-state index in [1.165, 1.54) is 51.4 Å². The van der Waals surface area contributed by atoms with Gasteiger partial charge in [-0.1, -0.05) is 50.7 Å². The van der Waals surface area contributed by atoms with E-state index < -0.39 is 0 Å². The third-order valence-corrected chi connectivity index (χ3v) is 7.28. The summed E-state index contributed by atoms with van der Waals surface area (Å²) in [5.74, 6) is -0.0579. The molecule has 3 aliphatic carbocycles. The van der Waals surface area contributed by atoms with Crippen molar-refractivity contribution < 1.29 is 9.59 Å². The van der Waals surface area contributed by atoms with Crippen LogP contribution in [0.25, 0.3) is 0 Å². The number of fused-ring (bicyclic) bond motifs is 2. The smallest absolute Gasteiger partial charge is 0.196 e. The monoisotopic (exact) mass is 416 g/mol. The topological polar surface area (TPSA) is 58.2 Å². The maximum Gasteiger partial charge on any atom is 0.196 e. The van der Waals surface area contributed by atoms with E-state index in [0.717, 1.165) is 29.8 Å². The van der Waals surface area contributed by atoms with Crippen LogP contribution in [0, 0.1) is 6.92 Å². The van der Waals surface area contributed by atoms with Gasteiger partial charge in [-0.15, -0.1) is 0 Å². The molecule has 4 heteroatoms. The molecule has 2 aromatic rings. The quantitative estimate of drug-likeness (QED) is 0.527. The minimum absolute atomic E-state index is 0.0229. The molecule has 0 aromatic heterocycles. The Morgan fingerprint density at radius 2 is 1.35 bits per heavy atom. The third kappa shape index (κ3) is 3.88. The van der Waals surface area contributed by atoms with Crippen LogP contribution in [-0.2, 0) is 0 Å². The van der Waals surface area contributed by atoms with Crippen molar-refractivity contribution in [1.29, 1.82) is 0 Å². The highest BCUT2D eigenvalue weighted by atomic mass is 16.1. The molecule has 2 fully saturated rings. The van der Waals surface area contributed by atoms with Crippen molar-refractivity contribution in [3.05, 3.63) is 58.1 Å². The van der Waals surface area contributed by atoms with Crippen molar-refractivity contribution in [2.45, 2.75) is 83.2 Å². The lowest BCUT2D eigenvalue weighted by molar-refractivity contribution is 0.0979. The molecule has 2 saturated carbocycles. The second kappa shape index (κ2) is 8.49. The Morgan fingerprint density at radius 1 is 0.710 bits per heavy atom. The summed E-state index contributed by atoms with van der Waals surface area (Å²) in [7, 11) is 0. The molecule has 2 aromatic carbocycles. The summed E-state index contributed by atoms with van der Waals surface area (Å²) in [6.07, 6.45) is 12.1. The van der Waals surface area contributed by atoms with E-state index >= 15 is 0 Å². The molecular formula is C27H32N2O2. The molecule has 3 aliphatic rings. The molecule has 5 rings (SSSR count). The molecule has 0 amide bonds. The van der Waals surface area contributed by atoms with Crippen molar-refractivity contribution in [2.75, 3.05) is 10.6 Å². The fraction of sp³-hybridized carbons (Fsp3) is 0.481. The van der Waals surface area contributed by atoms with Crippen LogP contribution in [0.3, 0.4) is 0 Å². The fourth-order valence-electron chi connectivity index (χ4n) is 5.68. The van der Waals surface area contributed by atoms with E-state index in [-0.39, 0.29) is 11.6 Å². The number of aryl methyl sites for hydroxylation is 1. The molecule has 162 valence electrons. The molecule has 0 radical (unpaired) electrons. The highest BCUT2D eigenvalue weighted by molar-refractivity contribution is 6.30. The number of nitrogens with one attached hydrogen (secondary N) is 2. The average Bonchev–Trinajstić information content (AvgIpc) is 2.78. The number of carbonyl (C=O) groups excluding carboxylic acids is 2. The van der Waals surface area contributed by atoms with Gasteiger partial charge >= 0.3 is 0 Å². The SMILES string of the molecule is Cc1cc(NC2CCCCC2)cc2c1C(=O)c1c(NC3CCCCC3)cccc1C2=O. The predicted octanol–water partition coefficient (Wildman–Crippen LogP) is 6.26. The largest absolute Gasteiger partial charge is 0.382 e. The standard InChI is InChI=1S/C27H32N2O2/c1-17-15-20(28-18-9-4-2-5-10-18)16-22-24(17)27(31)25-21(26(22)30)13-8-14-23(25)29-19-11-6-3-7-12-19/h8,13-16,18-19,28-29H,2-7,9-12H2,1H3. The number of carbonyl (C=O) groups is 2. The Bertz CT molecular complexity index is 1010. The Morgan fingerprint density at radius 3 is 2.03 bits per heavy atom. The molecule has 4 nitrogen and oxygen atoms in total. The Hall–Kier alpha value is -2.62. The van der Waals surface area contributed by atoms with E-state index in [1.807, 2.05) is 31.2 Å². The van der Waals surface area contributed by atoms with E-state index in [4.69, 9.17) is 0 Å². The Labute approximate surface area is 184 Å². The summed E-state index contributed by atoms with van der Waals surface area (Å²) in [6.45, 7) is 1.96. The van der Waals surface area contributed by atoms with Gasteiger partial charge in [-0.05, 0) is 56.4 Å². The number of anilines is 2. The zero-order valence-electron chi connectivity index (χ0n) is 18.4. The van der Waals surface area contributed by atoms with E-state index in [0.29, 0.717) is 34.3 Å². The summed E-state index contributed by atoms with van der Waals surface area (Å²) >= 11 is 0. The van der Waals surface area contributed by atoms with Crippen molar-refractivity contribution in [3.8, 4) is 0 Å². The first-order valence-electron chi connectivity index (χ1n) is 12.0. The van der Waals surface area contributed by atoms with Crippen LogP contribution >= 0.6 is 0 Å². The second-order valence-corrected chi connectivity index (χ2v) is 9.56. The van der Waals surface area contributed by atoms with E-state index in [1.54, 1.807) is 6.07 Å². The van der Waals surface area contributed by atoms with Crippen LogP contribution in [0.2, 0.25) is 0 Å². The molecule has 0 unspecified atom stereocenters. The lowest BCUT2D eigenvalue weighted by Gasteiger charge is -2.28. The van der Waals surface area contributed by atoms with Crippen molar-refractivity contribution in [1.82, 2.24) is 0 Å². The van der Waals surface area contributed by atoms with Gasteiger partial charge in [0.15, 0.2) is 11.6 Å². The minimum Gasteiger partial charge on any atom is -0.382 e. The molecule has 0 saturated heterocycles. The van der Waals surface area contributed by atoms with Gasteiger partial charge in [0.25, 0.3) is 0 Å². The first-order valence-corrected chi connectivity index (χ1v) is 12.0. The van der Waals surface area contributed by atoms with Crippen LogP contribution in [0.15, 0.2) is 30.3 Å². The number of benzene rings is 2. The third-order valence-electron chi connectivity index (χ3n) is 7.28. The maximum absolute atomic E-state index is 13.6. The summed E-state index contributed by atoms with van der Waals surface area (Å²) in [4.78, 5) is 27.1. The fourth-order valence-corrected chi connectivity index (χ4v) is 5.68. The molecular weight excluding hydrogens is 384 g/mol. The summed E-state index contributed by atoms with van der Waals surface area (Å²) in [5.41, 5.74) is 4.87. The van der Waals surface area contributed by atoms with Crippen LogP contribution in [-0.4, -0.2) is 23.7 Å². The molecule has 0 bridgehead atoms. The van der Waals surface area contributed by atoms with Gasteiger partial charge in [0.05, 0.1) is 5.56 Å². The van der Waals surface area contributed by atoms with Gasteiger partial charge in [-0.3, -0.25) is 9.59 Å². The van der Waals surface area contributed by atoms with Crippen LogP contribution < -0.4 is 10.6 Å². The van der Waals surface area contributed by atoms with Gasteiger partial charge in [-0.25, -0.2) is 0 Å². The van der Waals surface area contributed by atoms with Gasteiger partial charge in [0.2, 0.25) is 0 Å². The summed E-state index contributed by atoms with van der Waals surface area (Å²) < 4.78 is 0. The van der Waals surface area contributed by atoms with Crippen molar-refractivity contribution in [3.63, 3.8) is 0 Å². The normalized spacial score (nSPS) is 19.6. The number of ketones is 2. The highest BCUT2D eigenvalue weighted by Gasteiger charge is 2.34. The molecule has 0 aliphatic heterocycles. The molecule has 0 spiro atoms. The van der Waals surface area contributed by atoms with E-state index in [2.05, 4.69) is 10.6 Å². The Kier molecular flexibility index (Phi) is 5.56. The summed E-state index contributed by atoms with van der Waals surface area (Å²) in [6, 6.07) is 10.4. The Balaban J connectivity index is 1.48. The van der Waals surface area contributed by atoms with Gasteiger partial charge in [-0.2, -0.15) is 0 Å². The molecule has 2 N–H and O–H groups in total. The first-order chi connectivity index (χ1) is 15.1. The lowest BCUT2D eigenvalue weighted by atomic mass is 9.80. The maximum atomic E-state index is 13.6. The number of rotatable bonds is 4. The zero-order valence-corrected chi connectivity index (χ0v) is 18.4. The minimum atomic E-state index is -0.0349. The number of hydrogen-bond donors (Lipinski definition) is 2. The van der Waals surface area contributed by atoms with Crippen LogP contribution in [0.4, 0.5) is 11.4 Å². The van der Waals surface area contributed by atoms with E-state index in [9.17, 15) is 9.59 Å².